The van der Waals surface area contributed by atoms with Gasteiger partial charge in [0.25, 0.3) is 0 Å². The molecular weight excluding hydrogens is 381 g/mol. The first kappa shape index (κ1) is 21.8. The molecule has 1 atom stereocenters. The van der Waals surface area contributed by atoms with Crippen molar-refractivity contribution in [3.63, 3.8) is 0 Å². The Kier molecular flexibility index (Phi) is 6.44. The average molecular weight is 401 g/mol. The molecule has 0 aliphatic rings. The lowest BCUT2D eigenvalue weighted by Crippen LogP contribution is -2.21. The minimum atomic E-state index is -5.00. The number of rotatable bonds is 5. The molecule has 2 aromatic rings. The van der Waals surface area contributed by atoms with Crippen LogP contribution in [-0.4, -0.2) is 12.6 Å². The van der Waals surface area contributed by atoms with Gasteiger partial charge in [-0.15, -0.1) is 0 Å². The predicted molar refractivity (Wildman–Crippen MR) is 94.4 cm³/mol. The van der Waals surface area contributed by atoms with Gasteiger partial charge in [-0.25, -0.2) is 8.78 Å². The van der Waals surface area contributed by atoms with E-state index < -0.39 is 47.4 Å². The van der Waals surface area contributed by atoms with Gasteiger partial charge in [0.05, 0.1) is 18.6 Å². The SMILES string of the molecule is CCOC(=O)CC(N)c1cc(-c2cccc(F)c2C)c(C)c(C(F)(F)F)c1F. The summed E-state index contributed by atoms with van der Waals surface area (Å²) in [6.07, 6.45) is -5.49. The Hall–Kier alpha value is -2.48. The molecule has 0 heterocycles. The second-order valence-electron chi connectivity index (χ2n) is 6.35. The lowest BCUT2D eigenvalue weighted by molar-refractivity contribution is -0.143. The molecule has 0 bridgehead atoms. The van der Waals surface area contributed by atoms with Crippen molar-refractivity contribution in [2.24, 2.45) is 5.73 Å². The highest BCUT2D eigenvalue weighted by atomic mass is 19.4. The Bertz CT molecular complexity index is 893. The van der Waals surface area contributed by atoms with Crippen molar-refractivity contribution in [2.45, 2.75) is 39.4 Å². The molecular formula is C20H20F5NO2. The summed E-state index contributed by atoms with van der Waals surface area (Å²) < 4.78 is 74.1. The van der Waals surface area contributed by atoms with Gasteiger partial charge in [0, 0.05) is 11.6 Å². The first-order valence-corrected chi connectivity index (χ1v) is 8.55. The standard InChI is InChI=1S/C20H20F5NO2/c1-4-28-17(27)9-16(26)14-8-13(12-6-5-7-15(21)10(12)2)11(3)18(19(14)22)20(23,24)25/h5-8,16H,4,9,26H2,1-3H3. The minimum Gasteiger partial charge on any atom is -0.466 e. The fraction of sp³-hybridized carbons (Fsp3) is 0.350. The second-order valence-corrected chi connectivity index (χ2v) is 6.35. The number of ether oxygens (including phenoxy) is 1. The Labute approximate surface area is 159 Å². The summed E-state index contributed by atoms with van der Waals surface area (Å²) in [6.45, 7) is 4.15. The largest absolute Gasteiger partial charge is 0.466 e. The summed E-state index contributed by atoms with van der Waals surface area (Å²) >= 11 is 0. The molecule has 0 amide bonds. The summed E-state index contributed by atoms with van der Waals surface area (Å²) in [6, 6.07) is 3.76. The summed E-state index contributed by atoms with van der Waals surface area (Å²) in [5, 5.41) is 0. The fourth-order valence-corrected chi connectivity index (χ4v) is 3.07. The molecule has 2 rings (SSSR count). The molecule has 0 saturated heterocycles. The molecule has 0 aromatic heterocycles. The zero-order valence-corrected chi connectivity index (χ0v) is 15.6. The van der Waals surface area contributed by atoms with Crippen molar-refractivity contribution < 1.29 is 31.5 Å². The van der Waals surface area contributed by atoms with Crippen molar-refractivity contribution in [3.8, 4) is 11.1 Å². The number of halogens is 5. The van der Waals surface area contributed by atoms with Gasteiger partial charge < -0.3 is 10.5 Å². The van der Waals surface area contributed by atoms with E-state index in [-0.39, 0.29) is 28.9 Å². The lowest BCUT2D eigenvalue weighted by atomic mass is 9.88. The number of nitrogens with two attached hydrogens (primary N) is 1. The number of hydrogen-bond acceptors (Lipinski definition) is 3. The highest BCUT2D eigenvalue weighted by molar-refractivity contribution is 5.74. The van der Waals surface area contributed by atoms with Crippen LogP contribution < -0.4 is 5.73 Å². The van der Waals surface area contributed by atoms with E-state index in [4.69, 9.17) is 10.5 Å². The van der Waals surface area contributed by atoms with Crippen molar-refractivity contribution in [2.75, 3.05) is 6.61 Å². The van der Waals surface area contributed by atoms with E-state index in [9.17, 15) is 26.7 Å². The molecule has 152 valence electrons. The number of esters is 1. The van der Waals surface area contributed by atoms with Gasteiger partial charge in [0.1, 0.15) is 11.6 Å². The topological polar surface area (TPSA) is 52.3 Å². The number of hydrogen-bond donors (Lipinski definition) is 1. The quantitative estimate of drug-likeness (QED) is 0.552. The Morgan fingerprint density at radius 1 is 1.14 bits per heavy atom. The van der Waals surface area contributed by atoms with Gasteiger partial charge in [0.2, 0.25) is 0 Å². The summed E-state index contributed by atoms with van der Waals surface area (Å²) in [5.41, 5.74) is 3.78. The molecule has 2 N–H and O–H groups in total. The molecule has 0 saturated carbocycles. The summed E-state index contributed by atoms with van der Waals surface area (Å²) in [7, 11) is 0. The maximum absolute atomic E-state index is 14.8. The van der Waals surface area contributed by atoms with Crippen LogP contribution in [0.2, 0.25) is 0 Å². The van der Waals surface area contributed by atoms with E-state index in [0.29, 0.717) is 0 Å². The zero-order chi connectivity index (χ0) is 21.2. The Balaban J connectivity index is 2.73. The van der Waals surface area contributed by atoms with Crippen molar-refractivity contribution in [1.82, 2.24) is 0 Å². The van der Waals surface area contributed by atoms with Gasteiger partial charge in [-0.2, -0.15) is 13.2 Å². The van der Waals surface area contributed by atoms with Crippen LogP contribution in [0, 0.1) is 25.5 Å². The maximum atomic E-state index is 14.8. The normalized spacial score (nSPS) is 12.8. The van der Waals surface area contributed by atoms with Gasteiger partial charge >= 0.3 is 12.1 Å². The molecule has 28 heavy (non-hydrogen) atoms. The van der Waals surface area contributed by atoms with Crippen molar-refractivity contribution in [1.29, 1.82) is 0 Å². The molecule has 0 aliphatic heterocycles. The molecule has 2 aromatic carbocycles. The van der Waals surface area contributed by atoms with E-state index in [2.05, 4.69) is 0 Å². The van der Waals surface area contributed by atoms with Crippen molar-refractivity contribution >= 4 is 5.97 Å². The predicted octanol–water partition coefficient (Wildman–Crippen LogP) is 5.22. The maximum Gasteiger partial charge on any atom is 0.419 e. The number of alkyl halides is 3. The zero-order valence-electron chi connectivity index (χ0n) is 15.6. The van der Waals surface area contributed by atoms with E-state index in [1.807, 2.05) is 0 Å². The number of carbonyl (C=O) groups is 1. The summed E-state index contributed by atoms with van der Waals surface area (Å²) in [4.78, 5) is 11.6. The number of carbonyl (C=O) groups excluding carboxylic acids is 1. The number of benzene rings is 2. The van der Waals surface area contributed by atoms with Gasteiger partial charge in [-0.05, 0) is 55.2 Å². The van der Waals surface area contributed by atoms with Crippen LogP contribution in [0.25, 0.3) is 11.1 Å². The van der Waals surface area contributed by atoms with Crippen LogP contribution in [0.3, 0.4) is 0 Å². The molecule has 0 spiro atoms. The molecule has 0 aliphatic carbocycles. The van der Waals surface area contributed by atoms with Crippen LogP contribution >= 0.6 is 0 Å². The van der Waals surface area contributed by atoms with Gasteiger partial charge in [-0.3, -0.25) is 4.79 Å². The van der Waals surface area contributed by atoms with Crippen LogP contribution in [0.1, 0.15) is 41.6 Å². The first-order chi connectivity index (χ1) is 13.0. The molecule has 8 heteroatoms. The van der Waals surface area contributed by atoms with Crippen LogP contribution in [0.15, 0.2) is 24.3 Å². The second kappa shape index (κ2) is 8.26. The van der Waals surface area contributed by atoms with Gasteiger partial charge in [0.15, 0.2) is 0 Å². The molecule has 1 unspecified atom stereocenters. The highest BCUT2D eigenvalue weighted by Crippen LogP contribution is 2.42. The minimum absolute atomic E-state index is 0.0000314. The Morgan fingerprint density at radius 2 is 1.79 bits per heavy atom. The van der Waals surface area contributed by atoms with E-state index >= 15 is 0 Å². The monoisotopic (exact) mass is 401 g/mol. The third kappa shape index (κ3) is 4.32. The smallest absolute Gasteiger partial charge is 0.419 e. The third-order valence-corrected chi connectivity index (χ3v) is 4.48. The van der Waals surface area contributed by atoms with E-state index in [1.165, 1.54) is 25.1 Å². The average Bonchev–Trinajstić information content (AvgIpc) is 2.57. The molecule has 0 fully saturated rings. The molecule has 3 nitrogen and oxygen atoms in total. The lowest BCUT2D eigenvalue weighted by Gasteiger charge is -2.22. The van der Waals surface area contributed by atoms with Crippen LogP contribution in [0.5, 0.6) is 0 Å². The first-order valence-electron chi connectivity index (χ1n) is 8.55. The third-order valence-electron chi connectivity index (χ3n) is 4.48. The summed E-state index contributed by atoms with van der Waals surface area (Å²) in [5.74, 6) is -2.90. The molecule has 0 radical (unpaired) electrons. The van der Waals surface area contributed by atoms with Crippen molar-refractivity contribution in [3.05, 3.63) is 58.2 Å². The van der Waals surface area contributed by atoms with E-state index in [1.54, 1.807) is 6.92 Å². The van der Waals surface area contributed by atoms with Gasteiger partial charge in [-0.1, -0.05) is 12.1 Å². The van der Waals surface area contributed by atoms with Crippen LogP contribution in [0.4, 0.5) is 22.0 Å². The van der Waals surface area contributed by atoms with Crippen LogP contribution in [-0.2, 0) is 15.7 Å². The fourth-order valence-electron chi connectivity index (χ4n) is 3.07. The van der Waals surface area contributed by atoms with E-state index in [0.717, 1.165) is 13.0 Å². The Morgan fingerprint density at radius 3 is 2.36 bits per heavy atom. The highest BCUT2D eigenvalue weighted by Gasteiger charge is 2.39.